The predicted molar refractivity (Wildman–Crippen MR) is 90.3 cm³/mol. The van der Waals surface area contributed by atoms with E-state index in [-0.39, 0.29) is 0 Å². The Morgan fingerprint density at radius 2 is 2.26 bits per heavy atom. The molecule has 0 spiro atoms. The second kappa shape index (κ2) is 5.73. The lowest BCUT2D eigenvalue weighted by Gasteiger charge is -2.13. The van der Waals surface area contributed by atoms with Gasteiger partial charge in [-0.15, -0.1) is 0 Å². The molecule has 1 unspecified atom stereocenters. The summed E-state index contributed by atoms with van der Waals surface area (Å²) in [7, 11) is 0. The van der Waals surface area contributed by atoms with Crippen LogP contribution in [0.5, 0.6) is 0 Å². The zero-order chi connectivity index (χ0) is 15.8. The van der Waals surface area contributed by atoms with Gasteiger partial charge in [0.15, 0.2) is 11.2 Å². The van der Waals surface area contributed by atoms with Crippen molar-refractivity contribution in [3.63, 3.8) is 0 Å². The number of nitrogen functional groups attached to an aromatic ring is 1. The highest BCUT2D eigenvalue weighted by Gasteiger charge is 2.19. The number of rotatable bonds is 3. The van der Waals surface area contributed by atoms with Crippen LogP contribution in [0.15, 0.2) is 36.8 Å². The average Bonchev–Trinajstić information content (AvgIpc) is 3.15. The van der Waals surface area contributed by atoms with Gasteiger partial charge in [-0.25, -0.2) is 23.2 Å². The third-order valence-corrected chi connectivity index (χ3v) is 5.15. The topological polar surface area (TPSA) is 99.9 Å². The maximum Gasteiger partial charge on any atom is 0.170 e. The van der Waals surface area contributed by atoms with Gasteiger partial charge in [-0.1, -0.05) is 18.2 Å². The molecule has 0 aliphatic carbocycles. The minimum absolute atomic E-state index is 0.460. The van der Waals surface area contributed by atoms with E-state index in [1.54, 1.807) is 0 Å². The van der Waals surface area contributed by atoms with Gasteiger partial charge in [-0.3, -0.25) is 0 Å². The Bertz CT molecular complexity index is 893. The summed E-state index contributed by atoms with van der Waals surface area (Å²) in [5, 5.41) is 0.830. The fraction of sp³-hybridized carbons (Fsp3) is 0.200. The van der Waals surface area contributed by atoms with Crippen molar-refractivity contribution in [1.29, 1.82) is 0 Å². The molecule has 0 saturated carbocycles. The van der Waals surface area contributed by atoms with Crippen LogP contribution >= 0.6 is 0 Å². The van der Waals surface area contributed by atoms with Crippen molar-refractivity contribution in [2.75, 3.05) is 18.8 Å². The van der Waals surface area contributed by atoms with Crippen molar-refractivity contribution in [2.24, 2.45) is 0 Å². The van der Waals surface area contributed by atoms with Crippen molar-refractivity contribution in [2.45, 2.75) is 6.54 Å². The van der Waals surface area contributed by atoms with E-state index < -0.39 is 11.2 Å². The standard InChI is InChI=1S/C15H16N6OS/c16-14-13-12(7-17-15(13)19-9-18-14)11-3-1-2-10(6-11)8-21-5-4-20-23(21)22/h1-3,6-7,9,20H,4-5,8H2,(H3,16,17,18,19). The lowest BCUT2D eigenvalue weighted by molar-refractivity contribution is 0.480. The van der Waals surface area contributed by atoms with Gasteiger partial charge >= 0.3 is 0 Å². The zero-order valence-corrected chi connectivity index (χ0v) is 13.1. The lowest BCUT2D eigenvalue weighted by Crippen LogP contribution is -2.22. The van der Waals surface area contributed by atoms with E-state index in [0.29, 0.717) is 12.4 Å². The Kier molecular flexibility index (Phi) is 3.56. The number of nitrogens with one attached hydrogen (secondary N) is 2. The predicted octanol–water partition coefficient (Wildman–Crippen LogP) is 1.19. The molecule has 0 radical (unpaired) electrons. The molecule has 118 valence electrons. The Labute approximate surface area is 135 Å². The first-order chi connectivity index (χ1) is 11.2. The first-order valence-electron chi connectivity index (χ1n) is 7.29. The van der Waals surface area contributed by atoms with E-state index in [2.05, 4.69) is 25.7 Å². The monoisotopic (exact) mass is 328 g/mol. The first kappa shape index (κ1) is 14.3. The number of aromatic nitrogens is 3. The molecule has 4 N–H and O–H groups in total. The molecule has 1 fully saturated rings. The summed E-state index contributed by atoms with van der Waals surface area (Å²) in [6.07, 6.45) is 3.34. The maximum atomic E-state index is 11.8. The molecule has 8 heteroatoms. The van der Waals surface area contributed by atoms with Crippen molar-refractivity contribution >= 4 is 28.0 Å². The molecular formula is C15H16N6OS. The number of benzene rings is 1. The minimum Gasteiger partial charge on any atom is -0.383 e. The summed E-state index contributed by atoms with van der Waals surface area (Å²) in [4.78, 5) is 11.4. The summed E-state index contributed by atoms with van der Waals surface area (Å²) in [5.41, 5.74) is 9.83. The van der Waals surface area contributed by atoms with Crippen LogP contribution in [-0.2, 0) is 17.7 Å². The molecule has 3 heterocycles. The molecule has 1 aromatic carbocycles. The third kappa shape index (κ3) is 2.61. The van der Waals surface area contributed by atoms with Gasteiger partial charge in [0.2, 0.25) is 0 Å². The van der Waals surface area contributed by atoms with Gasteiger partial charge in [-0.05, 0) is 17.2 Å². The molecule has 1 saturated heterocycles. The molecule has 2 aromatic heterocycles. The van der Waals surface area contributed by atoms with Crippen molar-refractivity contribution in [3.8, 4) is 11.1 Å². The van der Waals surface area contributed by atoms with E-state index in [0.717, 1.165) is 40.8 Å². The smallest absolute Gasteiger partial charge is 0.170 e. The highest BCUT2D eigenvalue weighted by Crippen LogP contribution is 2.31. The molecule has 1 aliphatic rings. The number of hydrogen-bond donors (Lipinski definition) is 3. The number of H-pyrrole nitrogens is 1. The zero-order valence-electron chi connectivity index (χ0n) is 12.3. The second-order valence-corrected chi connectivity index (χ2v) is 6.70. The normalized spacial score (nSPS) is 18.7. The fourth-order valence-corrected chi connectivity index (χ4v) is 3.80. The van der Waals surface area contributed by atoms with Crippen LogP contribution in [0.25, 0.3) is 22.2 Å². The van der Waals surface area contributed by atoms with E-state index in [1.165, 1.54) is 6.33 Å². The number of anilines is 1. The van der Waals surface area contributed by atoms with E-state index in [1.807, 2.05) is 28.7 Å². The minimum atomic E-state index is -1.09. The molecule has 23 heavy (non-hydrogen) atoms. The second-order valence-electron chi connectivity index (χ2n) is 5.39. The lowest BCUT2D eigenvalue weighted by atomic mass is 10.0. The van der Waals surface area contributed by atoms with Crippen LogP contribution in [0, 0.1) is 0 Å². The molecule has 1 atom stereocenters. The number of fused-ring (bicyclic) bond motifs is 1. The molecule has 0 amide bonds. The van der Waals surface area contributed by atoms with Gasteiger partial charge in [0.1, 0.15) is 17.8 Å². The molecule has 1 aliphatic heterocycles. The van der Waals surface area contributed by atoms with Crippen molar-refractivity contribution < 1.29 is 4.21 Å². The Balaban J connectivity index is 1.71. The maximum absolute atomic E-state index is 11.8. The number of nitrogens with two attached hydrogens (primary N) is 1. The molecule has 3 aromatic rings. The van der Waals surface area contributed by atoms with E-state index in [4.69, 9.17) is 5.73 Å². The van der Waals surface area contributed by atoms with Gasteiger partial charge in [0.05, 0.1) is 5.39 Å². The summed E-state index contributed by atoms with van der Waals surface area (Å²) in [6, 6.07) is 8.14. The van der Waals surface area contributed by atoms with Gasteiger partial charge in [0.25, 0.3) is 0 Å². The van der Waals surface area contributed by atoms with Crippen molar-refractivity contribution in [1.82, 2.24) is 24.0 Å². The summed E-state index contributed by atoms with van der Waals surface area (Å²) in [6.45, 7) is 2.18. The Morgan fingerprint density at radius 1 is 1.35 bits per heavy atom. The van der Waals surface area contributed by atoms with Gasteiger partial charge < -0.3 is 10.7 Å². The number of hydrogen-bond acceptors (Lipinski definition) is 4. The SMILES string of the molecule is Nc1ncnc2[nH]cc(-c3cccc(CN4CCNS4=O)c3)c12. The van der Waals surface area contributed by atoms with Gasteiger partial charge in [0, 0.05) is 31.4 Å². The van der Waals surface area contributed by atoms with Gasteiger partial charge in [-0.2, -0.15) is 0 Å². The van der Waals surface area contributed by atoms with Crippen LogP contribution in [0.2, 0.25) is 0 Å². The Morgan fingerprint density at radius 3 is 3.09 bits per heavy atom. The summed E-state index contributed by atoms with van der Waals surface area (Å²) >= 11 is -1.09. The van der Waals surface area contributed by atoms with Crippen LogP contribution in [0.3, 0.4) is 0 Å². The summed E-state index contributed by atoms with van der Waals surface area (Å²) in [5.74, 6) is 0.460. The molecule has 4 rings (SSSR count). The third-order valence-electron chi connectivity index (χ3n) is 3.92. The number of aromatic amines is 1. The van der Waals surface area contributed by atoms with E-state index >= 15 is 0 Å². The average molecular weight is 328 g/mol. The molecule has 0 bridgehead atoms. The number of nitrogens with zero attached hydrogens (tertiary/aromatic N) is 3. The fourth-order valence-electron chi connectivity index (χ4n) is 2.82. The molecular weight excluding hydrogens is 312 g/mol. The highest BCUT2D eigenvalue weighted by molar-refractivity contribution is 7.80. The first-order valence-corrected chi connectivity index (χ1v) is 8.40. The largest absolute Gasteiger partial charge is 0.383 e. The van der Waals surface area contributed by atoms with Crippen LogP contribution in [0.1, 0.15) is 5.56 Å². The van der Waals surface area contributed by atoms with Crippen LogP contribution in [-0.4, -0.2) is 36.6 Å². The van der Waals surface area contributed by atoms with Crippen molar-refractivity contribution in [3.05, 3.63) is 42.4 Å². The summed E-state index contributed by atoms with van der Waals surface area (Å²) < 4.78 is 16.6. The molecule has 7 nitrogen and oxygen atoms in total. The van der Waals surface area contributed by atoms with Crippen LogP contribution < -0.4 is 10.5 Å². The Hall–Kier alpha value is -2.29. The van der Waals surface area contributed by atoms with Crippen LogP contribution in [0.4, 0.5) is 5.82 Å². The quantitative estimate of drug-likeness (QED) is 0.672. The van der Waals surface area contributed by atoms with E-state index in [9.17, 15) is 4.21 Å². The highest BCUT2D eigenvalue weighted by atomic mass is 32.2.